The third-order valence-corrected chi connectivity index (χ3v) is 3.80. The molecule has 0 spiro atoms. The van der Waals surface area contributed by atoms with Crippen molar-refractivity contribution < 1.29 is 19.0 Å². The van der Waals surface area contributed by atoms with E-state index in [4.69, 9.17) is 4.74 Å². The normalized spacial score (nSPS) is 12.0. The Bertz CT molecular complexity index is 713. The molecule has 136 valence electrons. The highest BCUT2D eigenvalue weighted by Gasteiger charge is 2.19. The molecule has 0 radical (unpaired) electrons. The van der Waals surface area contributed by atoms with Crippen LogP contribution >= 0.6 is 0 Å². The highest BCUT2D eigenvalue weighted by molar-refractivity contribution is 5.96. The number of halogens is 1. The lowest BCUT2D eigenvalue weighted by Crippen LogP contribution is -2.35. The number of aliphatic hydroxyl groups excluding tert-OH is 1. The maximum Gasteiger partial charge on any atom is 0.255 e. The molecule has 2 N–H and O–H groups in total. The van der Waals surface area contributed by atoms with E-state index in [1.54, 1.807) is 6.92 Å². The number of carbonyl (C=O) groups excluding carboxylic acids is 1. The van der Waals surface area contributed by atoms with Gasteiger partial charge in [-0.2, -0.15) is 5.10 Å². The second-order valence-electron chi connectivity index (χ2n) is 5.90. The van der Waals surface area contributed by atoms with Crippen LogP contribution in [-0.2, 0) is 6.54 Å². The second-order valence-corrected chi connectivity index (χ2v) is 5.90. The number of hydrogen-bond acceptors (Lipinski definition) is 4. The fourth-order valence-electron chi connectivity index (χ4n) is 2.54. The van der Waals surface area contributed by atoms with Gasteiger partial charge in [-0.25, -0.2) is 4.39 Å². The van der Waals surface area contributed by atoms with Gasteiger partial charge >= 0.3 is 0 Å². The zero-order chi connectivity index (χ0) is 18.4. The predicted molar refractivity (Wildman–Crippen MR) is 92.2 cm³/mol. The number of aryl methyl sites for hydroxylation is 2. The van der Waals surface area contributed by atoms with Gasteiger partial charge in [0.05, 0.1) is 11.3 Å². The summed E-state index contributed by atoms with van der Waals surface area (Å²) in [6, 6.07) is 5.52. The minimum atomic E-state index is -0.875. The van der Waals surface area contributed by atoms with E-state index in [9.17, 15) is 14.3 Å². The summed E-state index contributed by atoms with van der Waals surface area (Å²) in [7, 11) is 0. The van der Waals surface area contributed by atoms with Crippen LogP contribution in [0.1, 0.15) is 35.1 Å². The molecular formula is C18H24FN3O3. The van der Waals surface area contributed by atoms with Gasteiger partial charge in [0.25, 0.3) is 5.91 Å². The van der Waals surface area contributed by atoms with Crippen LogP contribution in [-0.4, -0.2) is 40.0 Å². The molecule has 1 amide bonds. The van der Waals surface area contributed by atoms with E-state index in [1.807, 2.05) is 18.5 Å². The zero-order valence-corrected chi connectivity index (χ0v) is 14.8. The third kappa shape index (κ3) is 5.03. The van der Waals surface area contributed by atoms with Gasteiger partial charge < -0.3 is 15.2 Å². The van der Waals surface area contributed by atoms with E-state index < -0.39 is 6.10 Å². The molecule has 1 aromatic heterocycles. The molecule has 1 atom stereocenters. The highest BCUT2D eigenvalue weighted by Crippen LogP contribution is 2.14. The highest BCUT2D eigenvalue weighted by atomic mass is 19.1. The molecule has 25 heavy (non-hydrogen) atoms. The summed E-state index contributed by atoms with van der Waals surface area (Å²) >= 11 is 0. The van der Waals surface area contributed by atoms with E-state index in [0.29, 0.717) is 17.0 Å². The SMILES string of the molecule is CCCn1nc(C)c(C(=O)NCC(O)COc2ccc(F)cc2)c1C. The Morgan fingerprint density at radius 3 is 2.68 bits per heavy atom. The average molecular weight is 349 g/mol. The average Bonchev–Trinajstić information content (AvgIpc) is 2.86. The van der Waals surface area contributed by atoms with E-state index in [2.05, 4.69) is 10.4 Å². The minimum Gasteiger partial charge on any atom is -0.491 e. The van der Waals surface area contributed by atoms with Crippen LogP contribution in [0.3, 0.4) is 0 Å². The van der Waals surface area contributed by atoms with E-state index in [-0.39, 0.29) is 24.9 Å². The Kier molecular flexibility index (Phi) is 6.52. The number of carbonyl (C=O) groups is 1. The number of aromatic nitrogens is 2. The molecule has 0 aliphatic heterocycles. The number of hydrogen-bond donors (Lipinski definition) is 2. The van der Waals surface area contributed by atoms with Crippen molar-refractivity contribution in [2.45, 2.75) is 39.8 Å². The molecule has 0 aliphatic carbocycles. The summed E-state index contributed by atoms with van der Waals surface area (Å²) < 4.78 is 20.0. The van der Waals surface area contributed by atoms with Gasteiger partial charge in [0, 0.05) is 18.8 Å². The Balaban J connectivity index is 1.86. The maximum absolute atomic E-state index is 12.8. The molecule has 0 saturated heterocycles. The fraction of sp³-hybridized carbons (Fsp3) is 0.444. The Morgan fingerprint density at radius 1 is 1.36 bits per heavy atom. The first-order valence-electron chi connectivity index (χ1n) is 8.31. The van der Waals surface area contributed by atoms with Gasteiger partial charge in [-0.15, -0.1) is 0 Å². The standard InChI is InChI=1S/C18H24FN3O3/c1-4-9-22-13(3)17(12(2)21-22)18(24)20-10-15(23)11-25-16-7-5-14(19)6-8-16/h5-8,15,23H,4,9-11H2,1-3H3,(H,20,24). The van der Waals surface area contributed by atoms with Gasteiger partial charge in [-0.1, -0.05) is 6.92 Å². The van der Waals surface area contributed by atoms with Crippen LogP contribution in [0, 0.1) is 19.7 Å². The van der Waals surface area contributed by atoms with Crippen LogP contribution < -0.4 is 10.1 Å². The Hall–Kier alpha value is -2.41. The molecule has 2 rings (SSSR count). The van der Waals surface area contributed by atoms with Gasteiger partial charge in [-0.05, 0) is 44.5 Å². The number of nitrogens with zero attached hydrogens (tertiary/aromatic N) is 2. The first-order chi connectivity index (χ1) is 11.9. The Labute approximate surface area is 146 Å². The van der Waals surface area contributed by atoms with Crippen molar-refractivity contribution in [1.29, 1.82) is 0 Å². The van der Waals surface area contributed by atoms with Crippen molar-refractivity contribution in [1.82, 2.24) is 15.1 Å². The number of rotatable bonds is 8. The monoisotopic (exact) mass is 349 g/mol. The van der Waals surface area contributed by atoms with Crippen molar-refractivity contribution in [3.8, 4) is 5.75 Å². The molecule has 6 nitrogen and oxygen atoms in total. The summed E-state index contributed by atoms with van der Waals surface area (Å²) in [5.74, 6) is -0.160. The smallest absolute Gasteiger partial charge is 0.255 e. The molecule has 0 aliphatic rings. The predicted octanol–water partition coefficient (Wildman–Crippen LogP) is 2.22. The fourth-order valence-corrected chi connectivity index (χ4v) is 2.54. The molecule has 0 bridgehead atoms. The number of nitrogens with one attached hydrogen (secondary N) is 1. The van der Waals surface area contributed by atoms with Gasteiger partial charge in [0.2, 0.25) is 0 Å². The molecular weight excluding hydrogens is 325 g/mol. The maximum atomic E-state index is 12.8. The number of benzene rings is 1. The molecule has 1 unspecified atom stereocenters. The van der Waals surface area contributed by atoms with Crippen LogP contribution in [0.15, 0.2) is 24.3 Å². The van der Waals surface area contributed by atoms with Gasteiger partial charge in [0.15, 0.2) is 0 Å². The van der Waals surface area contributed by atoms with Gasteiger partial charge in [0.1, 0.15) is 24.3 Å². The van der Waals surface area contributed by atoms with Crippen LogP contribution in [0.4, 0.5) is 4.39 Å². The minimum absolute atomic E-state index is 0.00102. The summed E-state index contributed by atoms with van der Waals surface area (Å²) in [6.45, 7) is 6.51. The van der Waals surface area contributed by atoms with Crippen molar-refractivity contribution >= 4 is 5.91 Å². The summed E-state index contributed by atoms with van der Waals surface area (Å²) in [5, 5.41) is 17.0. The van der Waals surface area contributed by atoms with Gasteiger partial charge in [-0.3, -0.25) is 9.48 Å². The third-order valence-electron chi connectivity index (χ3n) is 3.80. The largest absolute Gasteiger partial charge is 0.491 e. The van der Waals surface area contributed by atoms with Crippen molar-refractivity contribution in [3.63, 3.8) is 0 Å². The first-order valence-corrected chi connectivity index (χ1v) is 8.31. The van der Waals surface area contributed by atoms with Crippen molar-refractivity contribution in [2.24, 2.45) is 0 Å². The quantitative estimate of drug-likeness (QED) is 0.766. The lowest BCUT2D eigenvalue weighted by atomic mass is 10.2. The summed E-state index contributed by atoms with van der Waals surface area (Å²) in [4.78, 5) is 12.4. The van der Waals surface area contributed by atoms with E-state index in [1.165, 1.54) is 24.3 Å². The molecule has 1 aromatic carbocycles. The van der Waals surface area contributed by atoms with Crippen LogP contribution in [0.5, 0.6) is 5.75 Å². The lowest BCUT2D eigenvalue weighted by molar-refractivity contribution is 0.0842. The van der Waals surface area contributed by atoms with Crippen molar-refractivity contribution in [3.05, 3.63) is 47.0 Å². The number of amides is 1. The van der Waals surface area contributed by atoms with E-state index in [0.717, 1.165) is 18.7 Å². The molecule has 1 heterocycles. The molecule has 7 heteroatoms. The number of aliphatic hydroxyl groups is 1. The molecule has 0 fully saturated rings. The summed E-state index contributed by atoms with van der Waals surface area (Å²) in [6.07, 6.45) is 0.0583. The van der Waals surface area contributed by atoms with Crippen LogP contribution in [0.2, 0.25) is 0 Å². The number of ether oxygens (including phenoxy) is 1. The second kappa shape index (κ2) is 8.62. The summed E-state index contributed by atoms with van der Waals surface area (Å²) in [5.41, 5.74) is 2.02. The van der Waals surface area contributed by atoms with Crippen LogP contribution in [0.25, 0.3) is 0 Å². The first kappa shape index (κ1) is 18.9. The molecule has 2 aromatic rings. The van der Waals surface area contributed by atoms with E-state index >= 15 is 0 Å². The zero-order valence-electron chi connectivity index (χ0n) is 14.8. The Morgan fingerprint density at radius 2 is 2.04 bits per heavy atom. The lowest BCUT2D eigenvalue weighted by Gasteiger charge is -2.13. The molecule has 0 saturated carbocycles. The topological polar surface area (TPSA) is 76.4 Å². The van der Waals surface area contributed by atoms with Crippen molar-refractivity contribution in [2.75, 3.05) is 13.2 Å².